The van der Waals surface area contributed by atoms with Crippen molar-refractivity contribution < 1.29 is 14.3 Å². The van der Waals surface area contributed by atoms with Crippen molar-refractivity contribution in [3.63, 3.8) is 0 Å². The summed E-state index contributed by atoms with van der Waals surface area (Å²) in [6.07, 6.45) is 2.31. The average Bonchev–Trinajstić information content (AvgIpc) is 2.56. The molecule has 0 bridgehead atoms. The van der Waals surface area contributed by atoms with Crippen LogP contribution >= 0.6 is 15.9 Å². The van der Waals surface area contributed by atoms with E-state index in [0.717, 1.165) is 6.42 Å². The van der Waals surface area contributed by atoms with E-state index in [2.05, 4.69) is 21.2 Å². The SMILES string of the molecule is CCCOC(=O)c1ccc(NC(=O)Cn2cc(Br)ccc2=O)cc1. The molecule has 0 atom stereocenters. The van der Waals surface area contributed by atoms with E-state index in [1.54, 1.807) is 36.5 Å². The van der Waals surface area contributed by atoms with Gasteiger partial charge in [-0.2, -0.15) is 0 Å². The summed E-state index contributed by atoms with van der Waals surface area (Å²) >= 11 is 3.26. The molecule has 126 valence electrons. The lowest BCUT2D eigenvalue weighted by molar-refractivity contribution is -0.116. The summed E-state index contributed by atoms with van der Waals surface area (Å²) in [6.45, 7) is 2.19. The first-order valence-corrected chi connectivity index (χ1v) is 8.22. The van der Waals surface area contributed by atoms with Gasteiger partial charge in [0.15, 0.2) is 0 Å². The smallest absolute Gasteiger partial charge is 0.338 e. The number of pyridine rings is 1. The third-order valence-electron chi connectivity index (χ3n) is 3.10. The minimum absolute atomic E-state index is 0.0986. The Balaban J connectivity index is 1.98. The molecule has 1 aromatic carbocycles. The van der Waals surface area contributed by atoms with Crippen LogP contribution in [0.15, 0.2) is 51.9 Å². The topological polar surface area (TPSA) is 77.4 Å². The molecule has 24 heavy (non-hydrogen) atoms. The van der Waals surface area contributed by atoms with E-state index < -0.39 is 5.97 Å². The van der Waals surface area contributed by atoms with Gasteiger partial charge in [0.1, 0.15) is 6.54 Å². The second kappa shape index (κ2) is 8.44. The molecule has 1 amide bonds. The largest absolute Gasteiger partial charge is 0.462 e. The van der Waals surface area contributed by atoms with Crippen LogP contribution in [0.1, 0.15) is 23.7 Å². The van der Waals surface area contributed by atoms with Crippen molar-refractivity contribution in [3.05, 3.63) is 63.0 Å². The Morgan fingerprint density at radius 3 is 2.54 bits per heavy atom. The molecule has 0 aliphatic heterocycles. The Kier molecular flexibility index (Phi) is 6.31. The molecule has 1 heterocycles. The molecule has 7 heteroatoms. The van der Waals surface area contributed by atoms with Gasteiger partial charge in [-0.25, -0.2) is 4.79 Å². The number of benzene rings is 1. The molecule has 0 saturated heterocycles. The summed E-state index contributed by atoms with van der Waals surface area (Å²) in [5, 5.41) is 2.68. The third-order valence-corrected chi connectivity index (χ3v) is 3.57. The molecule has 0 spiro atoms. The Hall–Kier alpha value is -2.41. The van der Waals surface area contributed by atoms with E-state index in [0.29, 0.717) is 22.3 Å². The van der Waals surface area contributed by atoms with Gasteiger partial charge >= 0.3 is 5.97 Å². The van der Waals surface area contributed by atoms with Crippen molar-refractivity contribution in [1.29, 1.82) is 0 Å². The summed E-state index contributed by atoms with van der Waals surface area (Å²) in [4.78, 5) is 35.4. The van der Waals surface area contributed by atoms with Gasteiger partial charge < -0.3 is 14.6 Å². The molecule has 6 nitrogen and oxygen atoms in total. The van der Waals surface area contributed by atoms with Crippen LogP contribution in [0.4, 0.5) is 5.69 Å². The van der Waals surface area contributed by atoms with Gasteiger partial charge in [-0.3, -0.25) is 9.59 Å². The molecule has 2 rings (SSSR count). The van der Waals surface area contributed by atoms with Crippen molar-refractivity contribution in [2.45, 2.75) is 19.9 Å². The fourth-order valence-corrected chi connectivity index (χ4v) is 2.33. The van der Waals surface area contributed by atoms with Crippen molar-refractivity contribution in [2.24, 2.45) is 0 Å². The van der Waals surface area contributed by atoms with E-state index in [1.165, 1.54) is 10.6 Å². The lowest BCUT2D eigenvalue weighted by atomic mass is 10.2. The molecule has 0 radical (unpaired) electrons. The van der Waals surface area contributed by atoms with Gasteiger partial charge in [0.2, 0.25) is 5.91 Å². The van der Waals surface area contributed by atoms with E-state index in [-0.39, 0.29) is 18.0 Å². The highest BCUT2D eigenvalue weighted by Gasteiger charge is 2.08. The zero-order valence-electron chi connectivity index (χ0n) is 13.1. The fourth-order valence-electron chi connectivity index (χ4n) is 1.95. The molecule has 0 saturated carbocycles. The Bertz CT molecular complexity index is 784. The molecule has 2 aromatic rings. The number of nitrogens with one attached hydrogen (secondary N) is 1. The molecular weight excluding hydrogens is 376 g/mol. The maximum absolute atomic E-state index is 12.0. The number of carbonyl (C=O) groups excluding carboxylic acids is 2. The average molecular weight is 393 g/mol. The second-order valence-electron chi connectivity index (χ2n) is 5.07. The third kappa shape index (κ3) is 5.06. The number of hydrogen-bond donors (Lipinski definition) is 1. The standard InChI is InChI=1S/C17H17BrN2O4/c1-2-9-24-17(23)12-3-6-14(7-4-12)19-15(21)11-20-10-13(18)5-8-16(20)22/h3-8,10H,2,9,11H2,1H3,(H,19,21). The molecule has 0 aliphatic carbocycles. The highest BCUT2D eigenvalue weighted by atomic mass is 79.9. The summed E-state index contributed by atoms with van der Waals surface area (Å²) in [5.41, 5.74) is 0.696. The molecule has 1 aromatic heterocycles. The number of hydrogen-bond acceptors (Lipinski definition) is 4. The number of ether oxygens (including phenoxy) is 1. The Morgan fingerprint density at radius 1 is 1.17 bits per heavy atom. The lowest BCUT2D eigenvalue weighted by Crippen LogP contribution is -2.26. The number of carbonyl (C=O) groups is 2. The van der Waals surface area contributed by atoms with Gasteiger partial charge in [-0.05, 0) is 52.7 Å². The van der Waals surface area contributed by atoms with Crippen molar-refractivity contribution in [2.75, 3.05) is 11.9 Å². The second-order valence-corrected chi connectivity index (χ2v) is 5.99. The summed E-state index contributed by atoms with van der Waals surface area (Å²) in [7, 11) is 0. The molecule has 0 aliphatic rings. The number of nitrogens with zero attached hydrogens (tertiary/aromatic N) is 1. The highest BCUT2D eigenvalue weighted by molar-refractivity contribution is 9.10. The van der Waals surface area contributed by atoms with Crippen molar-refractivity contribution >= 4 is 33.5 Å². The highest BCUT2D eigenvalue weighted by Crippen LogP contribution is 2.11. The normalized spacial score (nSPS) is 10.2. The molecule has 1 N–H and O–H groups in total. The number of anilines is 1. The quantitative estimate of drug-likeness (QED) is 0.766. The van der Waals surface area contributed by atoms with Crippen LogP contribution in [0, 0.1) is 0 Å². The van der Waals surface area contributed by atoms with Gasteiger partial charge in [0.25, 0.3) is 5.56 Å². The van der Waals surface area contributed by atoms with Crippen LogP contribution < -0.4 is 10.9 Å². The van der Waals surface area contributed by atoms with E-state index in [1.807, 2.05) is 6.92 Å². The van der Waals surface area contributed by atoms with Gasteiger partial charge in [-0.1, -0.05) is 6.92 Å². The monoisotopic (exact) mass is 392 g/mol. The van der Waals surface area contributed by atoms with E-state index >= 15 is 0 Å². The van der Waals surface area contributed by atoms with Crippen LogP contribution in [0.2, 0.25) is 0 Å². The predicted molar refractivity (Wildman–Crippen MR) is 94.0 cm³/mol. The summed E-state index contributed by atoms with van der Waals surface area (Å²) in [6, 6.07) is 9.40. The first-order valence-electron chi connectivity index (χ1n) is 7.42. The van der Waals surface area contributed by atoms with Crippen molar-refractivity contribution in [3.8, 4) is 0 Å². The zero-order chi connectivity index (χ0) is 17.5. The van der Waals surface area contributed by atoms with Crippen LogP contribution in [-0.2, 0) is 16.1 Å². The van der Waals surface area contributed by atoms with Crippen LogP contribution in [0.25, 0.3) is 0 Å². The van der Waals surface area contributed by atoms with Crippen LogP contribution in [-0.4, -0.2) is 23.1 Å². The summed E-state index contributed by atoms with van der Waals surface area (Å²) < 4.78 is 7.05. The first kappa shape index (κ1) is 17.9. The minimum atomic E-state index is -0.393. The molecule has 0 unspecified atom stereocenters. The Labute approximate surface area is 147 Å². The molecular formula is C17H17BrN2O4. The first-order chi connectivity index (χ1) is 11.5. The molecule has 0 fully saturated rings. The zero-order valence-corrected chi connectivity index (χ0v) is 14.7. The van der Waals surface area contributed by atoms with Crippen LogP contribution in [0.5, 0.6) is 0 Å². The summed E-state index contributed by atoms with van der Waals surface area (Å²) in [5.74, 6) is -0.730. The van der Waals surface area contributed by atoms with Crippen LogP contribution in [0.3, 0.4) is 0 Å². The maximum atomic E-state index is 12.0. The van der Waals surface area contributed by atoms with Gasteiger partial charge in [0.05, 0.1) is 12.2 Å². The maximum Gasteiger partial charge on any atom is 0.338 e. The number of amides is 1. The number of rotatable bonds is 6. The predicted octanol–water partition coefficient (Wildman–Crippen LogP) is 2.82. The lowest BCUT2D eigenvalue weighted by Gasteiger charge is -2.08. The minimum Gasteiger partial charge on any atom is -0.462 e. The fraction of sp³-hybridized carbons (Fsp3) is 0.235. The van der Waals surface area contributed by atoms with E-state index in [4.69, 9.17) is 4.74 Å². The van der Waals surface area contributed by atoms with Gasteiger partial charge in [0, 0.05) is 22.4 Å². The Morgan fingerprint density at radius 2 is 1.88 bits per heavy atom. The number of aromatic nitrogens is 1. The van der Waals surface area contributed by atoms with E-state index in [9.17, 15) is 14.4 Å². The number of halogens is 1. The number of esters is 1. The van der Waals surface area contributed by atoms with Gasteiger partial charge in [-0.15, -0.1) is 0 Å². The van der Waals surface area contributed by atoms with Crippen molar-refractivity contribution in [1.82, 2.24) is 4.57 Å².